The van der Waals surface area contributed by atoms with Gasteiger partial charge < -0.3 is 10.1 Å². The molecule has 22 heavy (non-hydrogen) atoms. The van der Waals surface area contributed by atoms with E-state index in [1.165, 1.54) is 12.1 Å². The molecule has 1 heterocycles. The molecule has 1 aromatic carbocycles. The van der Waals surface area contributed by atoms with Gasteiger partial charge in [0.1, 0.15) is 5.82 Å². The van der Waals surface area contributed by atoms with E-state index in [0.717, 1.165) is 0 Å². The number of nitrogens with one attached hydrogen (secondary N) is 1. The molecule has 1 aliphatic heterocycles. The standard InChI is InChI=1S/C16H20Cl2FNO2/c1-8(2)15-10(4-5-22-15)16(21)20-9(3)11-6-14(19)13(18)7-12(11)17/h6-10,15H,4-5H2,1-3H3,(H,20,21)/t9-,10-,15-/m0/s1. The smallest absolute Gasteiger partial charge is 0.226 e. The van der Waals surface area contributed by atoms with Gasteiger partial charge in [0.05, 0.1) is 23.1 Å². The lowest BCUT2D eigenvalue weighted by atomic mass is 9.92. The Kier molecular flexibility index (Phi) is 5.70. The molecule has 0 radical (unpaired) electrons. The minimum Gasteiger partial charge on any atom is -0.377 e. The van der Waals surface area contributed by atoms with Crippen molar-refractivity contribution >= 4 is 29.1 Å². The first kappa shape index (κ1) is 17.5. The Morgan fingerprint density at radius 3 is 2.64 bits per heavy atom. The average Bonchev–Trinajstić information content (AvgIpc) is 2.92. The van der Waals surface area contributed by atoms with E-state index in [2.05, 4.69) is 5.32 Å². The van der Waals surface area contributed by atoms with Crippen molar-refractivity contribution < 1.29 is 13.9 Å². The monoisotopic (exact) mass is 347 g/mol. The molecule has 3 atom stereocenters. The summed E-state index contributed by atoms with van der Waals surface area (Å²) >= 11 is 11.8. The fraction of sp³-hybridized carbons (Fsp3) is 0.562. The lowest BCUT2D eigenvalue weighted by molar-refractivity contribution is -0.128. The molecule has 2 rings (SSSR count). The van der Waals surface area contributed by atoms with Crippen molar-refractivity contribution in [2.45, 2.75) is 39.3 Å². The van der Waals surface area contributed by atoms with Gasteiger partial charge in [-0.15, -0.1) is 0 Å². The maximum absolute atomic E-state index is 13.6. The molecule has 1 aromatic rings. The summed E-state index contributed by atoms with van der Waals surface area (Å²) in [6, 6.07) is 2.22. The second-order valence-electron chi connectivity index (χ2n) is 5.99. The molecule has 0 unspecified atom stereocenters. The molecule has 0 spiro atoms. The second kappa shape index (κ2) is 7.16. The zero-order valence-corrected chi connectivity index (χ0v) is 14.3. The number of halogens is 3. The van der Waals surface area contributed by atoms with Crippen LogP contribution in [0.1, 0.15) is 38.8 Å². The highest BCUT2D eigenvalue weighted by Gasteiger charge is 2.36. The molecule has 0 saturated carbocycles. The molecule has 3 nitrogen and oxygen atoms in total. The van der Waals surface area contributed by atoms with E-state index in [4.69, 9.17) is 27.9 Å². The second-order valence-corrected chi connectivity index (χ2v) is 6.81. The number of carbonyl (C=O) groups excluding carboxylic acids is 1. The molecular formula is C16H20Cl2FNO2. The summed E-state index contributed by atoms with van der Waals surface area (Å²) in [6.45, 7) is 6.43. The van der Waals surface area contributed by atoms with Crippen molar-refractivity contribution in [1.29, 1.82) is 0 Å². The molecule has 122 valence electrons. The minimum atomic E-state index is -0.550. The highest BCUT2D eigenvalue weighted by atomic mass is 35.5. The van der Waals surface area contributed by atoms with Crippen LogP contribution in [0.25, 0.3) is 0 Å². The van der Waals surface area contributed by atoms with E-state index < -0.39 is 11.9 Å². The largest absolute Gasteiger partial charge is 0.377 e. The number of benzene rings is 1. The van der Waals surface area contributed by atoms with Gasteiger partial charge in [-0.05, 0) is 37.0 Å². The van der Waals surface area contributed by atoms with E-state index in [0.29, 0.717) is 23.6 Å². The number of amides is 1. The van der Waals surface area contributed by atoms with Gasteiger partial charge in [0.25, 0.3) is 0 Å². The molecule has 0 aromatic heterocycles. The van der Waals surface area contributed by atoms with Crippen molar-refractivity contribution in [3.05, 3.63) is 33.6 Å². The van der Waals surface area contributed by atoms with Crippen molar-refractivity contribution in [2.24, 2.45) is 11.8 Å². The Hall–Kier alpha value is -0.840. The van der Waals surface area contributed by atoms with E-state index >= 15 is 0 Å². The predicted octanol–water partition coefficient (Wildman–Crippen LogP) is 4.37. The van der Waals surface area contributed by atoms with Gasteiger partial charge >= 0.3 is 0 Å². The van der Waals surface area contributed by atoms with Crippen molar-refractivity contribution in [2.75, 3.05) is 6.61 Å². The van der Waals surface area contributed by atoms with Crippen molar-refractivity contribution in [3.63, 3.8) is 0 Å². The van der Waals surface area contributed by atoms with Crippen LogP contribution in [0.3, 0.4) is 0 Å². The van der Waals surface area contributed by atoms with Gasteiger partial charge in [0.15, 0.2) is 0 Å². The summed E-state index contributed by atoms with van der Waals surface area (Å²) < 4.78 is 19.2. The van der Waals surface area contributed by atoms with Gasteiger partial charge in [-0.3, -0.25) is 4.79 Å². The molecule has 1 saturated heterocycles. The number of ether oxygens (including phenoxy) is 1. The first-order valence-electron chi connectivity index (χ1n) is 7.37. The van der Waals surface area contributed by atoms with E-state index in [1.807, 2.05) is 13.8 Å². The quantitative estimate of drug-likeness (QED) is 0.821. The van der Waals surface area contributed by atoms with Gasteiger partial charge in [-0.25, -0.2) is 4.39 Å². The average molecular weight is 348 g/mol. The van der Waals surface area contributed by atoms with E-state index in [1.54, 1.807) is 6.92 Å². The van der Waals surface area contributed by atoms with Crippen LogP contribution in [-0.2, 0) is 9.53 Å². The van der Waals surface area contributed by atoms with Gasteiger partial charge in [0.2, 0.25) is 5.91 Å². The molecule has 0 bridgehead atoms. The number of hydrogen-bond acceptors (Lipinski definition) is 2. The molecular weight excluding hydrogens is 328 g/mol. The van der Waals surface area contributed by atoms with Crippen LogP contribution in [0.4, 0.5) is 4.39 Å². The SMILES string of the molecule is CC(C)[C@@H]1OCC[C@@H]1C(=O)N[C@@H](C)c1cc(F)c(Cl)cc1Cl. The fourth-order valence-electron chi connectivity index (χ4n) is 2.82. The summed E-state index contributed by atoms with van der Waals surface area (Å²) in [5.74, 6) is -0.551. The minimum absolute atomic E-state index is 0.0312. The third-order valence-corrected chi connectivity index (χ3v) is 4.61. The molecule has 6 heteroatoms. The molecule has 1 fully saturated rings. The maximum atomic E-state index is 13.6. The van der Waals surface area contributed by atoms with Crippen LogP contribution in [0.2, 0.25) is 10.0 Å². The number of carbonyl (C=O) groups is 1. The Labute approximate surface area is 140 Å². The highest BCUT2D eigenvalue weighted by Crippen LogP contribution is 2.31. The lowest BCUT2D eigenvalue weighted by Crippen LogP contribution is -2.38. The molecule has 1 amide bonds. The van der Waals surface area contributed by atoms with Crippen LogP contribution in [0.15, 0.2) is 12.1 Å². The van der Waals surface area contributed by atoms with Crippen molar-refractivity contribution in [3.8, 4) is 0 Å². The topological polar surface area (TPSA) is 38.3 Å². The fourth-order valence-corrected chi connectivity index (χ4v) is 3.36. The third kappa shape index (κ3) is 3.73. The zero-order chi connectivity index (χ0) is 16.4. The Bertz CT molecular complexity index is 565. The highest BCUT2D eigenvalue weighted by molar-refractivity contribution is 6.35. The van der Waals surface area contributed by atoms with E-state index in [9.17, 15) is 9.18 Å². The molecule has 0 aliphatic carbocycles. The summed E-state index contributed by atoms with van der Waals surface area (Å²) in [7, 11) is 0. The summed E-state index contributed by atoms with van der Waals surface area (Å²) in [5.41, 5.74) is 0.511. The third-order valence-electron chi connectivity index (χ3n) is 3.99. The summed E-state index contributed by atoms with van der Waals surface area (Å²) in [6.07, 6.45) is 0.619. The van der Waals surface area contributed by atoms with Crippen LogP contribution in [-0.4, -0.2) is 18.6 Å². The van der Waals surface area contributed by atoms with Crippen LogP contribution >= 0.6 is 23.2 Å². The molecule has 1 aliphatic rings. The maximum Gasteiger partial charge on any atom is 0.226 e. The molecule has 1 N–H and O–H groups in total. The lowest BCUT2D eigenvalue weighted by Gasteiger charge is -2.24. The number of rotatable bonds is 4. The van der Waals surface area contributed by atoms with Crippen molar-refractivity contribution in [1.82, 2.24) is 5.32 Å². The van der Waals surface area contributed by atoms with Crippen LogP contribution in [0.5, 0.6) is 0 Å². The van der Waals surface area contributed by atoms with Gasteiger partial charge in [-0.1, -0.05) is 37.0 Å². The van der Waals surface area contributed by atoms with Crippen LogP contribution < -0.4 is 5.32 Å². The number of hydrogen-bond donors (Lipinski definition) is 1. The Morgan fingerprint density at radius 2 is 2.00 bits per heavy atom. The summed E-state index contributed by atoms with van der Waals surface area (Å²) in [4.78, 5) is 12.5. The Balaban J connectivity index is 2.10. The summed E-state index contributed by atoms with van der Waals surface area (Å²) in [5, 5.41) is 3.20. The van der Waals surface area contributed by atoms with Gasteiger partial charge in [0, 0.05) is 11.6 Å². The van der Waals surface area contributed by atoms with Gasteiger partial charge in [-0.2, -0.15) is 0 Å². The zero-order valence-electron chi connectivity index (χ0n) is 12.8. The van der Waals surface area contributed by atoms with Crippen LogP contribution in [0, 0.1) is 17.7 Å². The van der Waals surface area contributed by atoms with E-state index in [-0.39, 0.29) is 28.9 Å². The first-order chi connectivity index (χ1) is 10.3. The normalized spacial score (nSPS) is 22.9. The Morgan fingerprint density at radius 1 is 1.32 bits per heavy atom. The first-order valence-corrected chi connectivity index (χ1v) is 8.13. The predicted molar refractivity (Wildman–Crippen MR) is 85.7 cm³/mol.